The van der Waals surface area contributed by atoms with E-state index in [4.69, 9.17) is 16.3 Å². The van der Waals surface area contributed by atoms with Gasteiger partial charge in [0, 0.05) is 11.2 Å². The van der Waals surface area contributed by atoms with E-state index in [2.05, 4.69) is 4.98 Å². The van der Waals surface area contributed by atoms with E-state index in [-0.39, 0.29) is 22.2 Å². The summed E-state index contributed by atoms with van der Waals surface area (Å²) in [5.74, 6) is 0.355. The molecule has 27 heavy (non-hydrogen) atoms. The number of fused-ring (bicyclic) bond motifs is 2. The Morgan fingerprint density at radius 2 is 1.96 bits per heavy atom. The quantitative estimate of drug-likeness (QED) is 0.500. The third-order valence-electron chi connectivity index (χ3n) is 4.19. The maximum absolute atomic E-state index is 12.9. The van der Waals surface area contributed by atoms with Crippen molar-refractivity contribution in [3.8, 4) is 17.5 Å². The van der Waals surface area contributed by atoms with Gasteiger partial charge in [-0.1, -0.05) is 17.7 Å². The van der Waals surface area contributed by atoms with Crippen LogP contribution < -0.4 is 15.9 Å². The minimum Gasteiger partial charge on any atom is -0.495 e. The first-order chi connectivity index (χ1) is 13.0. The first-order valence-electron chi connectivity index (χ1n) is 7.86. The highest BCUT2D eigenvalue weighted by molar-refractivity contribution is 6.30. The van der Waals surface area contributed by atoms with E-state index in [1.807, 2.05) is 6.07 Å². The van der Waals surface area contributed by atoms with Crippen LogP contribution in [0.1, 0.15) is 5.56 Å². The maximum Gasteiger partial charge on any atom is 0.274 e. The second-order valence-electron chi connectivity index (χ2n) is 5.71. The van der Waals surface area contributed by atoms with Crippen LogP contribution >= 0.6 is 11.6 Å². The Labute approximate surface area is 157 Å². The summed E-state index contributed by atoms with van der Waals surface area (Å²) in [6.07, 6.45) is 1.57. The molecule has 0 atom stereocenters. The minimum atomic E-state index is -0.613. The number of pyridine rings is 2. The second kappa shape index (κ2) is 6.27. The summed E-state index contributed by atoms with van der Waals surface area (Å²) in [6.45, 7) is 0. The van der Waals surface area contributed by atoms with Crippen molar-refractivity contribution in [3.63, 3.8) is 0 Å². The van der Waals surface area contributed by atoms with Gasteiger partial charge in [0.25, 0.3) is 11.1 Å². The molecule has 0 unspecified atom stereocenters. The fourth-order valence-corrected chi connectivity index (χ4v) is 3.12. The zero-order valence-corrected chi connectivity index (χ0v) is 14.8. The highest BCUT2D eigenvalue weighted by Gasteiger charge is 2.18. The van der Waals surface area contributed by atoms with Crippen LogP contribution in [0.3, 0.4) is 0 Å². The van der Waals surface area contributed by atoms with Gasteiger partial charge in [-0.2, -0.15) is 5.26 Å². The standard InChI is InChI=1S/C19H11ClN4O3/c1-27-15-6-5-12(20)9-14(15)24-17-13(8-11(10-21)18(24)25)19(26)23-7-3-2-4-16(23)22-17/h2-9H,1H3. The highest BCUT2D eigenvalue weighted by atomic mass is 35.5. The van der Waals surface area contributed by atoms with Crippen molar-refractivity contribution >= 4 is 28.3 Å². The molecule has 0 N–H and O–H groups in total. The van der Waals surface area contributed by atoms with Gasteiger partial charge in [0.1, 0.15) is 23.0 Å². The first kappa shape index (κ1) is 16.8. The Morgan fingerprint density at radius 1 is 1.15 bits per heavy atom. The number of benzene rings is 1. The lowest BCUT2D eigenvalue weighted by molar-refractivity contribution is 0.413. The van der Waals surface area contributed by atoms with Crippen molar-refractivity contribution in [2.24, 2.45) is 0 Å². The third kappa shape index (κ3) is 2.55. The molecule has 0 saturated heterocycles. The third-order valence-corrected chi connectivity index (χ3v) is 4.42. The fraction of sp³-hybridized carbons (Fsp3) is 0.0526. The molecule has 0 aliphatic heterocycles. The number of hydrogen-bond acceptors (Lipinski definition) is 5. The lowest BCUT2D eigenvalue weighted by Gasteiger charge is -2.14. The Balaban J connectivity index is 2.29. The van der Waals surface area contributed by atoms with Gasteiger partial charge < -0.3 is 4.74 Å². The van der Waals surface area contributed by atoms with Crippen molar-refractivity contribution in [2.75, 3.05) is 7.11 Å². The monoisotopic (exact) mass is 378 g/mol. The largest absolute Gasteiger partial charge is 0.495 e. The molecule has 0 spiro atoms. The predicted octanol–water partition coefficient (Wildman–Crippen LogP) is 2.53. The van der Waals surface area contributed by atoms with Crippen molar-refractivity contribution in [2.45, 2.75) is 0 Å². The molecule has 0 radical (unpaired) electrons. The summed E-state index contributed by atoms with van der Waals surface area (Å²) in [6, 6.07) is 12.9. The van der Waals surface area contributed by atoms with E-state index >= 15 is 0 Å². The van der Waals surface area contributed by atoms with Crippen LogP contribution in [-0.2, 0) is 0 Å². The molecular formula is C19H11ClN4O3. The van der Waals surface area contributed by atoms with E-state index in [1.165, 1.54) is 28.2 Å². The number of hydrogen-bond donors (Lipinski definition) is 0. The zero-order chi connectivity index (χ0) is 19.1. The van der Waals surface area contributed by atoms with E-state index in [0.717, 1.165) is 0 Å². The first-order valence-corrected chi connectivity index (χ1v) is 8.24. The predicted molar refractivity (Wildman–Crippen MR) is 101 cm³/mol. The van der Waals surface area contributed by atoms with Gasteiger partial charge >= 0.3 is 0 Å². The topological polar surface area (TPSA) is 89.4 Å². The molecule has 3 aromatic heterocycles. The van der Waals surface area contributed by atoms with Crippen molar-refractivity contribution in [1.82, 2.24) is 14.0 Å². The molecule has 3 heterocycles. The van der Waals surface area contributed by atoms with Gasteiger partial charge in [0.05, 0.1) is 18.2 Å². The van der Waals surface area contributed by atoms with Gasteiger partial charge in [0.2, 0.25) is 0 Å². The summed E-state index contributed by atoms with van der Waals surface area (Å²) in [4.78, 5) is 30.3. The van der Waals surface area contributed by atoms with Crippen molar-refractivity contribution < 1.29 is 4.74 Å². The molecule has 0 amide bonds. The van der Waals surface area contributed by atoms with E-state index < -0.39 is 5.56 Å². The SMILES string of the molecule is COc1ccc(Cl)cc1-n1c(=O)c(C#N)cc2c(=O)n3ccccc3nc21. The number of ether oxygens (including phenoxy) is 1. The number of methoxy groups -OCH3 is 1. The lowest BCUT2D eigenvalue weighted by atomic mass is 10.2. The number of halogens is 1. The van der Waals surface area contributed by atoms with Gasteiger partial charge in [-0.25, -0.2) is 4.98 Å². The zero-order valence-electron chi connectivity index (χ0n) is 14.0. The fourth-order valence-electron chi connectivity index (χ4n) is 2.95. The summed E-state index contributed by atoms with van der Waals surface area (Å²) in [5.41, 5.74) is -0.396. The molecule has 0 bridgehead atoms. The van der Waals surface area contributed by atoms with Gasteiger partial charge in [-0.3, -0.25) is 18.6 Å². The normalized spacial score (nSPS) is 10.9. The summed E-state index contributed by atoms with van der Waals surface area (Å²) in [7, 11) is 1.45. The molecular weight excluding hydrogens is 368 g/mol. The van der Waals surface area contributed by atoms with E-state index in [1.54, 1.807) is 36.5 Å². The molecule has 4 rings (SSSR count). The Morgan fingerprint density at radius 3 is 2.70 bits per heavy atom. The second-order valence-corrected chi connectivity index (χ2v) is 6.15. The molecule has 8 heteroatoms. The van der Waals surface area contributed by atoms with Crippen LogP contribution in [0.2, 0.25) is 5.02 Å². The van der Waals surface area contributed by atoms with Gasteiger partial charge in [0.15, 0.2) is 5.65 Å². The van der Waals surface area contributed by atoms with Crippen LogP contribution in [0.4, 0.5) is 0 Å². The summed E-state index contributed by atoms with van der Waals surface area (Å²) < 4.78 is 7.88. The van der Waals surface area contributed by atoms with Crippen LogP contribution in [0.15, 0.2) is 58.3 Å². The van der Waals surface area contributed by atoms with Crippen LogP contribution in [0.25, 0.3) is 22.4 Å². The molecule has 0 fully saturated rings. The number of nitrogens with zero attached hydrogens (tertiary/aromatic N) is 4. The van der Waals surface area contributed by atoms with Crippen molar-refractivity contribution in [3.05, 3.63) is 80.0 Å². The number of nitriles is 1. The van der Waals surface area contributed by atoms with Gasteiger partial charge in [-0.15, -0.1) is 0 Å². The van der Waals surface area contributed by atoms with Crippen molar-refractivity contribution in [1.29, 1.82) is 5.26 Å². The summed E-state index contributed by atoms with van der Waals surface area (Å²) in [5, 5.41) is 9.89. The molecule has 132 valence electrons. The minimum absolute atomic E-state index is 0.121. The van der Waals surface area contributed by atoms with Gasteiger partial charge in [-0.05, 0) is 36.4 Å². The van der Waals surface area contributed by atoms with Crippen LogP contribution in [-0.4, -0.2) is 21.1 Å². The smallest absolute Gasteiger partial charge is 0.274 e. The maximum atomic E-state index is 12.9. The molecule has 0 saturated carbocycles. The van der Waals surface area contributed by atoms with Crippen LogP contribution in [0, 0.1) is 11.3 Å². The average Bonchev–Trinajstić information content (AvgIpc) is 2.68. The Bertz CT molecular complexity index is 1380. The lowest BCUT2D eigenvalue weighted by Crippen LogP contribution is -2.26. The van der Waals surface area contributed by atoms with E-state index in [0.29, 0.717) is 22.1 Å². The van der Waals surface area contributed by atoms with E-state index in [9.17, 15) is 14.9 Å². The molecule has 4 aromatic rings. The number of aromatic nitrogens is 3. The Hall–Kier alpha value is -3.63. The molecule has 1 aromatic carbocycles. The number of rotatable bonds is 2. The summed E-state index contributed by atoms with van der Waals surface area (Å²) >= 11 is 6.11. The highest BCUT2D eigenvalue weighted by Crippen LogP contribution is 2.27. The average molecular weight is 379 g/mol. The molecule has 7 nitrogen and oxygen atoms in total. The molecule has 0 aliphatic carbocycles. The van der Waals surface area contributed by atoms with Crippen LogP contribution in [0.5, 0.6) is 5.75 Å². The molecule has 0 aliphatic rings. The Kier molecular flexibility index (Phi) is 3.90.